The summed E-state index contributed by atoms with van der Waals surface area (Å²) in [5.74, 6) is 0.549. The van der Waals surface area contributed by atoms with Crippen LogP contribution in [-0.2, 0) is 0 Å². The normalized spacial score (nSPS) is 23.6. The predicted molar refractivity (Wildman–Crippen MR) is 63.6 cm³/mol. The quantitative estimate of drug-likeness (QED) is 0.686. The summed E-state index contributed by atoms with van der Waals surface area (Å²) in [5.41, 5.74) is 11.2. The summed E-state index contributed by atoms with van der Waals surface area (Å²) in [5, 5.41) is 0. The lowest BCUT2D eigenvalue weighted by Crippen LogP contribution is -2.10. The van der Waals surface area contributed by atoms with Crippen LogP contribution < -0.4 is 5.73 Å². The molecule has 1 aromatic carbocycles. The van der Waals surface area contributed by atoms with Gasteiger partial charge in [0.05, 0.1) is 0 Å². The van der Waals surface area contributed by atoms with Gasteiger partial charge in [0.2, 0.25) is 0 Å². The van der Waals surface area contributed by atoms with Crippen LogP contribution in [0.1, 0.15) is 30.7 Å². The van der Waals surface area contributed by atoms with Crippen LogP contribution in [-0.4, -0.2) is 0 Å². The van der Waals surface area contributed by atoms with Crippen LogP contribution in [0.5, 0.6) is 0 Å². The van der Waals surface area contributed by atoms with Gasteiger partial charge in [-0.15, -0.1) is 0 Å². The van der Waals surface area contributed by atoms with Crippen LogP contribution >= 0.6 is 0 Å². The van der Waals surface area contributed by atoms with E-state index in [0.29, 0.717) is 5.92 Å². The Morgan fingerprint density at radius 3 is 2.67 bits per heavy atom. The van der Waals surface area contributed by atoms with Gasteiger partial charge in [-0.25, -0.2) is 0 Å². The molecule has 0 amide bonds. The van der Waals surface area contributed by atoms with E-state index in [2.05, 4.69) is 24.3 Å². The molecular formula is C14H15N. The van der Waals surface area contributed by atoms with E-state index in [1.54, 1.807) is 11.1 Å². The van der Waals surface area contributed by atoms with Gasteiger partial charge in [-0.05, 0) is 48.1 Å². The first-order chi connectivity index (χ1) is 7.33. The van der Waals surface area contributed by atoms with Crippen LogP contribution in [0.2, 0.25) is 0 Å². The molecule has 3 rings (SSSR count). The second kappa shape index (κ2) is 3.27. The SMILES string of the molecule is Nc1cccc(C2C=C3CCC3=CC2)c1. The molecule has 1 unspecified atom stereocenters. The van der Waals surface area contributed by atoms with E-state index < -0.39 is 0 Å². The fourth-order valence-corrected chi connectivity index (χ4v) is 2.44. The van der Waals surface area contributed by atoms with Gasteiger partial charge in [0, 0.05) is 11.6 Å². The topological polar surface area (TPSA) is 26.0 Å². The molecule has 0 aliphatic heterocycles. The lowest BCUT2D eigenvalue weighted by Gasteiger charge is -2.29. The van der Waals surface area contributed by atoms with Crippen molar-refractivity contribution in [3.63, 3.8) is 0 Å². The molecule has 1 fully saturated rings. The molecule has 0 spiro atoms. The molecule has 15 heavy (non-hydrogen) atoms. The molecule has 2 aliphatic rings. The molecule has 1 aromatic rings. The molecule has 0 saturated heterocycles. The number of anilines is 1. The van der Waals surface area contributed by atoms with Gasteiger partial charge in [-0.3, -0.25) is 0 Å². The van der Waals surface area contributed by atoms with E-state index in [9.17, 15) is 0 Å². The van der Waals surface area contributed by atoms with Gasteiger partial charge in [-0.1, -0.05) is 24.3 Å². The Labute approximate surface area is 90.3 Å². The van der Waals surface area contributed by atoms with E-state index in [1.807, 2.05) is 12.1 Å². The molecule has 1 nitrogen and oxygen atoms in total. The highest BCUT2D eigenvalue weighted by Crippen LogP contribution is 2.41. The summed E-state index contributed by atoms with van der Waals surface area (Å²) in [6, 6.07) is 8.27. The van der Waals surface area contributed by atoms with E-state index in [1.165, 1.54) is 18.4 Å². The van der Waals surface area contributed by atoms with Crippen molar-refractivity contribution in [3.8, 4) is 0 Å². The molecule has 0 aromatic heterocycles. The predicted octanol–water partition coefficient (Wildman–Crippen LogP) is 3.40. The van der Waals surface area contributed by atoms with Gasteiger partial charge in [0.15, 0.2) is 0 Å². The first-order valence-corrected chi connectivity index (χ1v) is 5.58. The third-order valence-corrected chi connectivity index (χ3v) is 3.44. The zero-order valence-corrected chi connectivity index (χ0v) is 8.74. The zero-order chi connectivity index (χ0) is 10.3. The molecule has 2 aliphatic carbocycles. The second-order valence-electron chi connectivity index (χ2n) is 4.43. The number of allylic oxidation sites excluding steroid dienone is 4. The number of nitrogens with two attached hydrogens (primary N) is 1. The van der Waals surface area contributed by atoms with Crippen molar-refractivity contribution < 1.29 is 0 Å². The van der Waals surface area contributed by atoms with Gasteiger partial charge >= 0.3 is 0 Å². The Kier molecular flexibility index (Phi) is 1.91. The van der Waals surface area contributed by atoms with E-state index in [-0.39, 0.29) is 0 Å². The summed E-state index contributed by atoms with van der Waals surface area (Å²) in [6.45, 7) is 0. The third kappa shape index (κ3) is 1.48. The second-order valence-corrected chi connectivity index (χ2v) is 4.43. The number of rotatable bonds is 1. The number of fused-ring (bicyclic) bond motifs is 1. The first-order valence-electron chi connectivity index (χ1n) is 5.58. The zero-order valence-electron chi connectivity index (χ0n) is 8.74. The van der Waals surface area contributed by atoms with Crippen LogP contribution in [0, 0.1) is 0 Å². The van der Waals surface area contributed by atoms with Gasteiger partial charge in [0.25, 0.3) is 0 Å². The van der Waals surface area contributed by atoms with Crippen molar-refractivity contribution in [1.82, 2.24) is 0 Å². The Morgan fingerprint density at radius 1 is 1.13 bits per heavy atom. The maximum absolute atomic E-state index is 5.81. The van der Waals surface area contributed by atoms with Gasteiger partial charge in [-0.2, -0.15) is 0 Å². The summed E-state index contributed by atoms with van der Waals surface area (Å²) in [4.78, 5) is 0. The average Bonchev–Trinajstić information content (AvgIpc) is 2.20. The Balaban J connectivity index is 1.90. The summed E-state index contributed by atoms with van der Waals surface area (Å²) in [7, 11) is 0. The summed E-state index contributed by atoms with van der Waals surface area (Å²) < 4.78 is 0. The number of benzene rings is 1. The van der Waals surface area contributed by atoms with E-state index in [0.717, 1.165) is 12.1 Å². The summed E-state index contributed by atoms with van der Waals surface area (Å²) in [6.07, 6.45) is 8.52. The number of hydrogen-bond acceptors (Lipinski definition) is 1. The molecule has 0 heterocycles. The number of hydrogen-bond donors (Lipinski definition) is 1. The Bertz CT molecular complexity index is 454. The Hall–Kier alpha value is -1.50. The van der Waals surface area contributed by atoms with Crippen molar-refractivity contribution in [2.45, 2.75) is 25.2 Å². The standard InChI is InChI=1S/C14H15N/c15-14-3-1-2-11(9-14)13-7-5-10-4-6-12(10)8-13/h1-3,5,8-9,13H,4,6-7,15H2. The van der Waals surface area contributed by atoms with Crippen molar-refractivity contribution in [2.24, 2.45) is 0 Å². The minimum absolute atomic E-state index is 0.549. The largest absolute Gasteiger partial charge is 0.399 e. The van der Waals surface area contributed by atoms with Crippen molar-refractivity contribution in [3.05, 3.63) is 53.1 Å². The van der Waals surface area contributed by atoms with Gasteiger partial charge < -0.3 is 5.73 Å². The van der Waals surface area contributed by atoms with Crippen molar-refractivity contribution in [2.75, 3.05) is 5.73 Å². The van der Waals surface area contributed by atoms with Crippen LogP contribution in [0.25, 0.3) is 0 Å². The van der Waals surface area contributed by atoms with Crippen LogP contribution in [0.15, 0.2) is 47.6 Å². The summed E-state index contributed by atoms with van der Waals surface area (Å²) >= 11 is 0. The molecule has 0 radical (unpaired) electrons. The third-order valence-electron chi connectivity index (χ3n) is 3.44. The molecule has 0 bridgehead atoms. The van der Waals surface area contributed by atoms with Crippen molar-refractivity contribution >= 4 is 5.69 Å². The molecule has 1 saturated carbocycles. The molecule has 2 N–H and O–H groups in total. The molecule has 1 heteroatoms. The first kappa shape index (κ1) is 8.78. The Morgan fingerprint density at radius 2 is 2.00 bits per heavy atom. The van der Waals surface area contributed by atoms with Gasteiger partial charge in [0.1, 0.15) is 0 Å². The fraction of sp³-hybridized carbons (Fsp3) is 0.286. The highest BCUT2D eigenvalue weighted by molar-refractivity contribution is 5.48. The lowest BCUT2D eigenvalue weighted by atomic mass is 9.76. The minimum Gasteiger partial charge on any atom is -0.399 e. The van der Waals surface area contributed by atoms with E-state index >= 15 is 0 Å². The fourth-order valence-electron chi connectivity index (χ4n) is 2.44. The minimum atomic E-state index is 0.549. The monoisotopic (exact) mass is 197 g/mol. The molecule has 76 valence electrons. The maximum Gasteiger partial charge on any atom is 0.0316 e. The van der Waals surface area contributed by atoms with Crippen molar-refractivity contribution in [1.29, 1.82) is 0 Å². The number of nitrogen functional groups attached to an aromatic ring is 1. The van der Waals surface area contributed by atoms with Crippen LogP contribution in [0.3, 0.4) is 0 Å². The van der Waals surface area contributed by atoms with E-state index in [4.69, 9.17) is 5.73 Å². The lowest BCUT2D eigenvalue weighted by molar-refractivity contribution is 0.732. The molecule has 1 atom stereocenters. The average molecular weight is 197 g/mol. The molecular weight excluding hydrogens is 182 g/mol. The highest BCUT2D eigenvalue weighted by atomic mass is 14.5. The maximum atomic E-state index is 5.81. The van der Waals surface area contributed by atoms with Crippen LogP contribution in [0.4, 0.5) is 5.69 Å². The smallest absolute Gasteiger partial charge is 0.0316 e. The highest BCUT2D eigenvalue weighted by Gasteiger charge is 2.22.